The maximum absolute atomic E-state index is 13.2. The largest absolute Gasteiger partial charge is 0.368 e. The van der Waals surface area contributed by atoms with Crippen molar-refractivity contribution in [2.24, 2.45) is 0 Å². The summed E-state index contributed by atoms with van der Waals surface area (Å²) in [5.41, 5.74) is 1.30. The first-order valence-electron chi connectivity index (χ1n) is 9.72. The van der Waals surface area contributed by atoms with Crippen LogP contribution in [0.25, 0.3) is 10.9 Å². The zero-order valence-corrected chi connectivity index (χ0v) is 16.9. The quantitative estimate of drug-likeness (QED) is 0.660. The van der Waals surface area contributed by atoms with Crippen LogP contribution >= 0.6 is 11.6 Å². The lowest BCUT2D eigenvalue weighted by Crippen LogP contribution is -2.51. The Hall–Kier alpha value is -2.93. The van der Waals surface area contributed by atoms with Crippen LogP contribution in [-0.4, -0.2) is 52.0 Å². The fraction of sp³-hybridized carbons (Fsp3) is 0.333. The molecule has 4 rings (SSSR count). The smallest absolute Gasteiger partial charge is 0.278 e. The van der Waals surface area contributed by atoms with Crippen molar-refractivity contribution < 1.29 is 4.79 Å². The fourth-order valence-corrected chi connectivity index (χ4v) is 3.91. The van der Waals surface area contributed by atoms with Crippen molar-refractivity contribution >= 4 is 34.1 Å². The monoisotopic (exact) mass is 411 g/mol. The van der Waals surface area contributed by atoms with Crippen molar-refractivity contribution in [2.75, 3.05) is 31.1 Å². The molecule has 1 atom stereocenters. The van der Waals surface area contributed by atoms with Gasteiger partial charge in [0, 0.05) is 36.9 Å². The van der Waals surface area contributed by atoms with Crippen LogP contribution in [-0.2, 0) is 4.79 Å². The highest BCUT2D eigenvalue weighted by molar-refractivity contribution is 6.30. The minimum atomic E-state index is -0.655. The summed E-state index contributed by atoms with van der Waals surface area (Å²) < 4.78 is 1.23. The molecule has 0 spiro atoms. The van der Waals surface area contributed by atoms with Crippen LogP contribution in [0.5, 0.6) is 0 Å². The Kier molecular flexibility index (Phi) is 5.49. The van der Waals surface area contributed by atoms with Crippen molar-refractivity contribution in [2.45, 2.75) is 19.4 Å². The van der Waals surface area contributed by atoms with Gasteiger partial charge in [-0.3, -0.25) is 9.59 Å². The van der Waals surface area contributed by atoms with E-state index in [1.165, 1.54) is 4.68 Å². The molecule has 1 saturated heterocycles. The molecule has 150 valence electrons. The molecule has 1 amide bonds. The number of carbonyl (C=O) groups is 1. The van der Waals surface area contributed by atoms with E-state index in [0.717, 1.165) is 5.69 Å². The average molecular weight is 412 g/mol. The lowest BCUT2D eigenvalue weighted by Gasteiger charge is -2.37. The Labute approximate surface area is 173 Å². The maximum Gasteiger partial charge on any atom is 0.278 e. The minimum Gasteiger partial charge on any atom is -0.368 e. The molecule has 7 nitrogen and oxygen atoms in total. The van der Waals surface area contributed by atoms with E-state index in [0.29, 0.717) is 48.5 Å². The van der Waals surface area contributed by atoms with Gasteiger partial charge in [0.25, 0.3) is 5.56 Å². The molecule has 0 N–H and O–H groups in total. The van der Waals surface area contributed by atoms with Gasteiger partial charge in [0.05, 0.1) is 5.39 Å². The van der Waals surface area contributed by atoms with Gasteiger partial charge in [-0.05, 0) is 36.8 Å². The van der Waals surface area contributed by atoms with Gasteiger partial charge >= 0.3 is 0 Å². The normalized spacial score (nSPS) is 15.5. The lowest BCUT2D eigenvalue weighted by molar-refractivity contribution is -0.135. The molecule has 0 radical (unpaired) electrons. The van der Waals surface area contributed by atoms with Gasteiger partial charge < -0.3 is 9.80 Å². The third-order valence-corrected chi connectivity index (χ3v) is 5.56. The molecule has 2 aromatic carbocycles. The highest BCUT2D eigenvalue weighted by Crippen LogP contribution is 2.22. The molecule has 0 aliphatic carbocycles. The molecule has 0 saturated carbocycles. The molecule has 0 bridgehead atoms. The van der Waals surface area contributed by atoms with Gasteiger partial charge in [0.2, 0.25) is 5.91 Å². The molecule has 1 aliphatic rings. The number of anilines is 1. The number of amides is 1. The second-order valence-corrected chi connectivity index (χ2v) is 7.51. The number of rotatable bonds is 4. The molecule has 0 unspecified atom stereocenters. The second-order valence-electron chi connectivity index (χ2n) is 7.07. The molecule has 3 aromatic rings. The van der Waals surface area contributed by atoms with Crippen LogP contribution < -0.4 is 10.5 Å². The number of aromatic nitrogens is 3. The van der Waals surface area contributed by atoms with Crippen LogP contribution in [0, 0.1) is 0 Å². The topological polar surface area (TPSA) is 71.3 Å². The number of carbonyl (C=O) groups excluding carboxylic acids is 1. The molecular formula is C21H22ClN5O2. The molecule has 29 heavy (non-hydrogen) atoms. The van der Waals surface area contributed by atoms with Crippen LogP contribution in [0.4, 0.5) is 5.69 Å². The van der Waals surface area contributed by atoms with Crippen molar-refractivity contribution in [3.8, 4) is 0 Å². The Morgan fingerprint density at radius 3 is 2.59 bits per heavy atom. The van der Waals surface area contributed by atoms with Crippen LogP contribution in [0.1, 0.15) is 19.4 Å². The zero-order chi connectivity index (χ0) is 20.4. The third kappa shape index (κ3) is 3.82. The summed E-state index contributed by atoms with van der Waals surface area (Å²) in [5, 5.41) is 9.33. The second kappa shape index (κ2) is 8.21. The molecular weight excluding hydrogens is 390 g/mol. The number of hydrogen-bond acceptors (Lipinski definition) is 5. The van der Waals surface area contributed by atoms with E-state index in [1.807, 2.05) is 37.3 Å². The summed E-state index contributed by atoms with van der Waals surface area (Å²) in [5.74, 6) is -0.0927. The van der Waals surface area contributed by atoms with Gasteiger partial charge in [-0.1, -0.05) is 41.9 Å². The Morgan fingerprint density at radius 2 is 1.86 bits per heavy atom. The van der Waals surface area contributed by atoms with Gasteiger partial charge in [0.15, 0.2) is 0 Å². The summed E-state index contributed by atoms with van der Waals surface area (Å²) >= 11 is 6.09. The molecule has 1 fully saturated rings. The average Bonchev–Trinajstić information content (AvgIpc) is 2.76. The van der Waals surface area contributed by atoms with Gasteiger partial charge in [-0.2, -0.15) is 4.68 Å². The molecule has 8 heteroatoms. The van der Waals surface area contributed by atoms with E-state index in [2.05, 4.69) is 15.2 Å². The molecule has 1 aliphatic heterocycles. The molecule has 1 aromatic heterocycles. The SMILES string of the molecule is CC[C@@H](C(=O)N1CCN(c2cccc(Cl)c2)CC1)n1nnc2ccccc2c1=O. The number of hydrogen-bond donors (Lipinski definition) is 0. The van der Waals surface area contributed by atoms with Crippen molar-refractivity contribution in [1.82, 2.24) is 19.9 Å². The predicted molar refractivity (Wildman–Crippen MR) is 113 cm³/mol. The summed E-state index contributed by atoms with van der Waals surface area (Å²) in [6.07, 6.45) is 0.472. The van der Waals surface area contributed by atoms with E-state index < -0.39 is 6.04 Å². The highest BCUT2D eigenvalue weighted by Gasteiger charge is 2.29. The summed E-state index contributed by atoms with van der Waals surface area (Å²) in [7, 11) is 0. The standard InChI is InChI=1S/C21H22ClN5O2/c1-2-19(27-20(28)17-8-3-4-9-18(17)23-24-27)21(29)26-12-10-25(11-13-26)16-7-5-6-15(22)14-16/h3-9,14,19H,2,10-13H2,1H3/t19-/m0/s1. The first-order chi connectivity index (χ1) is 14.1. The predicted octanol–water partition coefficient (Wildman–Crippen LogP) is 2.74. The number of nitrogens with zero attached hydrogens (tertiary/aromatic N) is 5. The molecule has 2 heterocycles. The number of benzene rings is 2. The third-order valence-electron chi connectivity index (χ3n) is 5.32. The van der Waals surface area contributed by atoms with Crippen LogP contribution in [0.3, 0.4) is 0 Å². The Morgan fingerprint density at radius 1 is 1.10 bits per heavy atom. The van der Waals surface area contributed by atoms with Crippen LogP contribution in [0.15, 0.2) is 53.3 Å². The number of halogens is 1. The minimum absolute atomic E-state index is 0.0927. The Balaban J connectivity index is 1.52. The summed E-state index contributed by atoms with van der Waals surface area (Å²) in [4.78, 5) is 30.0. The summed E-state index contributed by atoms with van der Waals surface area (Å²) in [6, 6.07) is 14.1. The van der Waals surface area contributed by atoms with Gasteiger partial charge in [-0.15, -0.1) is 5.10 Å². The van der Waals surface area contributed by atoms with E-state index >= 15 is 0 Å². The summed E-state index contributed by atoms with van der Waals surface area (Å²) in [6.45, 7) is 4.46. The van der Waals surface area contributed by atoms with E-state index in [9.17, 15) is 9.59 Å². The van der Waals surface area contributed by atoms with Crippen LogP contribution in [0.2, 0.25) is 5.02 Å². The van der Waals surface area contributed by atoms with Gasteiger partial charge in [-0.25, -0.2) is 0 Å². The van der Waals surface area contributed by atoms with E-state index in [1.54, 1.807) is 23.1 Å². The fourth-order valence-electron chi connectivity index (χ4n) is 3.73. The zero-order valence-electron chi connectivity index (χ0n) is 16.2. The van der Waals surface area contributed by atoms with Crippen molar-refractivity contribution in [3.63, 3.8) is 0 Å². The van der Waals surface area contributed by atoms with Crippen molar-refractivity contribution in [1.29, 1.82) is 0 Å². The van der Waals surface area contributed by atoms with E-state index in [-0.39, 0.29) is 11.5 Å². The number of piperazine rings is 1. The lowest BCUT2D eigenvalue weighted by atomic mass is 10.1. The Bertz CT molecular complexity index is 1090. The maximum atomic E-state index is 13.2. The van der Waals surface area contributed by atoms with E-state index in [4.69, 9.17) is 11.6 Å². The first kappa shape index (κ1) is 19.4. The number of fused-ring (bicyclic) bond motifs is 1. The van der Waals surface area contributed by atoms with Crippen molar-refractivity contribution in [3.05, 3.63) is 63.9 Å². The first-order valence-corrected chi connectivity index (χ1v) is 10.1. The highest BCUT2D eigenvalue weighted by atomic mass is 35.5. The van der Waals surface area contributed by atoms with Gasteiger partial charge in [0.1, 0.15) is 11.6 Å².